The zero-order valence-electron chi connectivity index (χ0n) is 10.4. The van der Waals surface area contributed by atoms with Gasteiger partial charge in [0, 0.05) is 6.07 Å². The third-order valence-electron chi connectivity index (χ3n) is 3.66. The third-order valence-corrected chi connectivity index (χ3v) is 5.55. The van der Waals surface area contributed by atoms with Gasteiger partial charge in [-0.3, -0.25) is 0 Å². The summed E-state index contributed by atoms with van der Waals surface area (Å²) in [5, 5.41) is 0. The Bertz CT molecular complexity index is 769. The van der Waals surface area contributed by atoms with Gasteiger partial charge in [0.05, 0.1) is 28.1 Å². The predicted molar refractivity (Wildman–Crippen MR) is 71.0 cm³/mol. The summed E-state index contributed by atoms with van der Waals surface area (Å²) in [6.07, 6.45) is 0.488. The molecule has 1 aromatic heterocycles. The molecule has 0 saturated carbocycles. The summed E-state index contributed by atoms with van der Waals surface area (Å²) in [4.78, 5) is 4.12. The largest absolute Gasteiger partial charge is 0.369 e. The van der Waals surface area contributed by atoms with Gasteiger partial charge in [-0.25, -0.2) is 17.8 Å². The van der Waals surface area contributed by atoms with Crippen molar-refractivity contribution in [1.82, 2.24) is 9.55 Å². The first-order valence-electron chi connectivity index (χ1n) is 5.95. The monoisotopic (exact) mass is 283 g/mol. The Morgan fingerprint density at radius 1 is 1.47 bits per heavy atom. The van der Waals surface area contributed by atoms with Crippen LogP contribution in [0.15, 0.2) is 18.2 Å². The SMILES string of the molecule is CC1(n2c(N)nc3cc(F)ccc32)CCS(=O)(=O)C1. The number of hydrogen-bond donors (Lipinski definition) is 1. The van der Waals surface area contributed by atoms with Gasteiger partial charge in [0.15, 0.2) is 9.84 Å². The lowest BCUT2D eigenvalue weighted by molar-refractivity contribution is 0.381. The lowest BCUT2D eigenvalue weighted by Crippen LogP contribution is -2.32. The minimum atomic E-state index is -3.05. The molecule has 1 atom stereocenters. The van der Waals surface area contributed by atoms with Crippen molar-refractivity contribution < 1.29 is 12.8 Å². The van der Waals surface area contributed by atoms with Crippen LogP contribution in [0.4, 0.5) is 10.3 Å². The van der Waals surface area contributed by atoms with Gasteiger partial charge in [0.1, 0.15) is 5.82 Å². The van der Waals surface area contributed by atoms with Gasteiger partial charge in [-0.05, 0) is 25.5 Å². The van der Waals surface area contributed by atoms with Crippen molar-refractivity contribution in [2.45, 2.75) is 18.9 Å². The number of halogens is 1. The number of sulfone groups is 1. The third kappa shape index (κ3) is 1.88. The molecule has 0 radical (unpaired) electrons. The molecule has 102 valence electrons. The van der Waals surface area contributed by atoms with Crippen molar-refractivity contribution in [3.63, 3.8) is 0 Å². The lowest BCUT2D eigenvalue weighted by atomic mass is 10.0. The van der Waals surface area contributed by atoms with Crippen LogP contribution in [0.5, 0.6) is 0 Å². The molecule has 1 aliphatic heterocycles. The molecule has 7 heteroatoms. The first kappa shape index (κ1) is 12.4. The van der Waals surface area contributed by atoms with Crippen LogP contribution < -0.4 is 5.73 Å². The first-order chi connectivity index (χ1) is 8.81. The predicted octanol–water partition coefficient (Wildman–Crippen LogP) is 1.29. The second-order valence-corrected chi connectivity index (χ2v) is 7.46. The van der Waals surface area contributed by atoms with Crippen LogP contribution in [-0.4, -0.2) is 29.5 Å². The molecule has 1 unspecified atom stereocenters. The molecule has 2 aromatic rings. The molecule has 1 saturated heterocycles. The van der Waals surface area contributed by atoms with Crippen molar-refractivity contribution >= 4 is 26.8 Å². The molecule has 0 bridgehead atoms. The van der Waals surface area contributed by atoms with Gasteiger partial charge in [-0.15, -0.1) is 0 Å². The fourth-order valence-electron chi connectivity index (χ4n) is 2.81. The molecule has 0 aliphatic carbocycles. The van der Waals surface area contributed by atoms with Gasteiger partial charge in [0.25, 0.3) is 0 Å². The van der Waals surface area contributed by atoms with E-state index in [1.807, 2.05) is 6.92 Å². The van der Waals surface area contributed by atoms with E-state index < -0.39 is 15.4 Å². The number of hydrogen-bond acceptors (Lipinski definition) is 4. The fourth-order valence-corrected chi connectivity index (χ4v) is 4.93. The average Bonchev–Trinajstić information content (AvgIpc) is 2.75. The summed E-state index contributed by atoms with van der Waals surface area (Å²) in [6.45, 7) is 1.85. The summed E-state index contributed by atoms with van der Waals surface area (Å²) >= 11 is 0. The highest BCUT2D eigenvalue weighted by Crippen LogP contribution is 2.35. The van der Waals surface area contributed by atoms with Crippen LogP contribution in [0, 0.1) is 5.82 Å². The molecule has 5 nitrogen and oxygen atoms in total. The van der Waals surface area contributed by atoms with Crippen molar-refractivity contribution in [3.8, 4) is 0 Å². The van der Waals surface area contributed by atoms with Gasteiger partial charge in [-0.1, -0.05) is 0 Å². The minimum Gasteiger partial charge on any atom is -0.369 e. The Kier molecular flexibility index (Phi) is 2.41. The highest BCUT2D eigenvalue weighted by atomic mass is 32.2. The summed E-state index contributed by atoms with van der Waals surface area (Å²) in [5.74, 6) is 0.0122. The Hall–Kier alpha value is -1.63. The summed E-state index contributed by atoms with van der Waals surface area (Å²) in [7, 11) is -3.05. The summed E-state index contributed by atoms with van der Waals surface area (Å²) in [6, 6.07) is 4.21. The van der Waals surface area contributed by atoms with Gasteiger partial charge in [0.2, 0.25) is 5.95 Å². The fraction of sp³-hybridized carbons (Fsp3) is 0.417. The quantitative estimate of drug-likeness (QED) is 0.855. The molecular formula is C12H14FN3O2S. The van der Waals surface area contributed by atoms with E-state index in [2.05, 4.69) is 4.98 Å². The second-order valence-electron chi connectivity index (χ2n) is 5.28. The van der Waals surface area contributed by atoms with E-state index in [-0.39, 0.29) is 23.3 Å². The van der Waals surface area contributed by atoms with Gasteiger partial charge in [-0.2, -0.15) is 0 Å². The van der Waals surface area contributed by atoms with E-state index in [1.54, 1.807) is 10.6 Å². The zero-order chi connectivity index (χ0) is 13.8. The Morgan fingerprint density at radius 2 is 2.21 bits per heavy atom. The van der Waals surface area contributed by atoms with E-state index in [0.717, 1.165) is 0 Å². The highest BCUT2D eigenvalue weighted by Gasteiger charge is 2.41. The Labute approximate surface area is 110 Å². The molecule has 2 N–H and O–H groups in total. The smallest absolute Gasteiger partial charge is 0.201 e. The zero-order valence-corrected chi connectivity index (χ0v) is 11.2. The molecule has 0 amide bonds. The van der Waals surface area contributed by atoms with Crippen LogP contribution in [0.1, 0.15) is 13.3 Å². The summed E-state index contributed by atoms with van der Waals surface area (Å²) in [5.41, 5.74) is 6.39. The van der Waals surface area contributed by atoms with Crippen LogP contribution in [-0.2, 0) is 15.4 Å². The molecule has 1 aliphatic rings. The maximum absolute atomic E-state index is 13.2. The maximum atomic E-state index is 13.2. The molecule has 2 heterocycles. The number of rotatable bonds is 1. The van der Waals surface area contributed by atoms with E-state index in [1.165, 1.54) is 12.1 Å². The average molecular weight is 283 g/mol. The lowest BCUT2D eigenvalue weighted by Gasteiger charge is -2.26. The van der Waals surface area contributed by atoms with Crippen LogP contribution in [0.2, 0.25) is 0 Å². The van der Waals surface area contributed by atoms with Gasteiger partial charge < -0.3 is 10.3 Å². The number of anilines is 1. The summed E-state index contributed by atoms with van der Waals surface area (Å²) < 4.78 is 38.3. The first-order valence-corrected chi connectivity index (χ1v) is 7.77. The molecule has 3 rings (SSSR count). The Balaban J connectivity index is 2.23. The topological polar surface area (TPSA) is 78.0 Å². The van der Waals surface area contributed by atoms with Crippen molar-refractivity contribution in [2.75, 3.05) is 17.2 Å². The van der Waals surface area contributed by atoms with E-state index in [0.29, 0.717) is 17.5 Å². The molecular weight excluding hydrogens is 269 g/mol. The number of nitrogen functional groups attached to an aromatic ring is 1. The van der Waals surface area contributed by atoms with Crippen LogP contribution >= 0.6 is 0 Å². The standard InChI is InChI=1S/C12H14FN3O2S/c1-12(4-5-19(17,18)7-12)16-10-3-2-8(13)6-9(10)15-11(16)14/h2-3,6H,4-5,7H2,1H3,(H2,14,15). The highest BCUT2D eigenvalue weighted by molar-refractivity contribution is 7.91. The van der Waals surface area contributed by atoms with Crippen molar-refractivity contribution in [2.24, 2.45) is 0 Å². The molecule has 1 aromatic carbocycles. The van der Waals surface area contributed by atoms with Crippen molar-refractivity contribution in [1.29, 1.82) is 0 Å². The number of fused-ring (bicyclic) bond motifs is 1. The number of imidazole rings is 1. The normalized spacial score (nSPS) is 26.0. The minimum absolute atomic E-state index is 0.0348. The maximum Gasteiger partial charge on any atom is 0.201 e. The Morgan fingerprint density at radius 3 is 2.84 bits per heavy atom. The number of aromatic nitrogens is 2. The molecule has 1 fully saturated rings. The van der Waals surface area contributed by atoms with E-state index >= 15 is 0 Å². The molecule has 0 spiro atoms. The van der Waals surface area contributed by atoms with Crippen LogP contribution in [0.25, 0.3) is 11.0 Å². The second kappa shape index (κ2) is 3.69. The van der Waals surface area contributed by atoms with Crippen LogP contribution in [0.3, 0.4) is 0 Å². The van der Waals surface area contributed by atoms with Crippen molar-refractivity contribution in [3.05, 3.63) is 24.0 Å². The number of nitrogens with two attached hydrogens (primary N) is 1. The molecule has 19 heavy (non-hydrogen) atoms. The van der Waals surface area contributed by atoms with E-state index in [4.69, 9.17) is 5.73 Å². The van der Waals surface area contributed by atoms with Gasteiger partial charge >= 0.3 is 0 Å². The number of nitrogens with zero attached hydrogens (tertiary/aromatic N) is 2. The van der Waals surface area contributed by atoms with E-state index in [9.17, 15) is 12.8 Å². The number of benzene rings is 1.